The van der Waals surface area contributed by atoms with Crippen molar-refractivity contribution in [2.45, 2.75) is 51.6 Å². The van der Waals surface area contributed by atoms with Crippen molar-refractivity contribution in [3.63, 3.8) is 0 Å². The van der Waals surface area contributed by atoms with Crippen molar-refractivity contribution in [3.05, 3.63) is 23.8 Å². The van der Waals surface area contributed by atoms with Gasteiger partial charge in [0.05, 0.1) is 18.2 Å². The molecule has 1 spiro atoms. The summed E-state index contributed by atoms with van der Waals surface area (Å²) in [6.45, 7) is 9.22. The van der Waals surface area contributed by atoms with Crippen LogP contribution in [-0.4, -0.2) is 49.2 Å². The van der Waals surface area contributed by atoms with E-state index < -0.39 is 11.0 Å². The quantitative estimate of drug-likeness (QED) is 0.812. The molecule has 0 unspecified atom stereocenters. The van der Waals surface area contributed by atoms with Crippen molar-refractivity contribution in [2.24, 2.45) is 0 Å². The third-order valence-corrected chi connectivity index (χ3v) is 5.25. The van der Waals surface area contributed by atoms with Crippen molar-refractivity contribution in [1.82, 2.24) is 4.90 Å². The summed E-state index contributed by atoms with van der Waals surface area (Å²) >= 11 is 0. The fourth-order valence-electron chi connectivity index (χ4n) is 3.94. The summed E-state index contributed by atoms with van der Waals surface area (Å²) in [5.41, 5.74) is 0.921. The van der Waals surface area contributed by atoms with Crippen LogP contribution in [0.15, 0.2) is 18.2 Å². The van der Waals surface area contributed by atoms with E-state index in [0.29, 0.717) is 32.5 Å². The molecule has 2 amide bonds. The lowest BCUT2D eigenvalue weighted by molar-refractivity contribution is -0.124. The highest BCUT2D eigenvalue weighted by molar-refractivity contribution is 6.08. The van der Waals surface area contributed by atoms with Gasteiger partial charge in [0, 0.05) is 25.7 Å². The number of hydrogen-bond donors (Lipinski definition) is 0. The van der Waals surface area contributed by atoms with E-state index in [1.165, 1.54) is 0 Å². The fourth-order valence-corrected chi connectivity index (χ4v) is 3.94. The standard InChI is InChI=1S/C20H28N2O4/c1-6-22-16-13-14(25-5)7-8-15(16)20(17(22)23)9-11-21(12-10-20)18(24)26-19(2,3)4/h7-8,13H,6,9-12H2,1-5H3. The first-order valence-electron chi connectivity index (χ1n) is 9.20. The van der Waals surface area contributed by atoms with Gasteiger partial charge in [-0.25, -0.2) is 4.79 Å². The number of anilines is 1. The van der Waals surface area contributed by atoms with Gasteiger partial charge in [-0.2, -0.15) is 0 Å². The Morgan fingerprint density at radius 2 is 1.88 bits per heavy atom. The molecule has 0 aromatic heterocycles. The van der Waals surface area contributed by atoms with Crippen LogP contribution in [0.1, 0.15) is 46.1 Å². The molecule has 0 saturated carbocycles. The Morgan fingerprint density at radius 1 is 1.23 bits per heavy atom. The van der Waals surface area contributed by atoms with Gasteiger partial charge >= 0.3 is 6.09 Å². The second-order valence-corrected chi connectivity index (χ2v) is 7.98. The minimum Gasteiger partial charge on any atom is -0.497 e. The molecule has 0 atom stereocenters. The van der Waals surface area contributed by atoms with Crippen molar-refractivity contribution >= 4 is 17.7 Å². The van der Waals surface area contributed by atoms with Crippen LogP contribution in [0, 0.1) is 0 Å². The Balaban J connectivity index is 1.84. The number of fused-ring (bicyclic) bond motifs is 2. The highest BCUT2D eigenvalue weighted by Gasteiger charge is 2.52. The molecule has 6 heteroatoms. The lowest BCUT2D eigenvalue weighted by Gasteiger charge is -2.38. The lowest BCUT2D eigenvalue weighted by atomic mass is 9.73. The minimum absolute atomic E-state index is 0.132. The van der Waals surface area contributed by atoms with Crippen LogP contribution in [0.2, 0.25) is 0 Å². The van der Waals surface area contributed by atoms with Gasteiger partial charge in [0.15, 0.2) is 0 Å². The van der Waals surface area contributed by atoms with E-state index in [-0.39, 0.29) is 12.0 Å². The topological polar surface area (TPSA) is 59.1 Å². The Hall–Kier alpha value is -2.24. The number of nitrogens with zero attached hydrogens (tertiary/aromatic N) is 2. The Bertz CT molecular complexity index is 715. The molecule has 1 fully saturated rings. The summed E-state index contributed by atoms with van der Waals surface area (Å²) in [4.78, 5) is 29.1. The van der Waals surface area contributed by atoms with E-state index >= 15 is 0 Å². The molecule has 142 valence electrons. The van der Waals surface area contributed by atoms with Crippen LogP contribution < -0.4 is 9.64 Å². The molecular formula is C20H28N2O4. The third-order valence-electron chi connectivity index (χ3n) is 5.25. The van der Waals surface area contributed by atoms with Crippen LogP contribution in [0.5, 0.6) is 5.75 Å². The van der Waals surface area contributed by atoms with Crippen LogP contribution in [0.25, 0.3) is 0 Å². The lowest BCUT2D eigenvalue weighted by Crippen LogP contribution is -2.51. The van der Waals surface area contributed by atoms with Crippen molar-refractivity contribution in [2.75, 3.05) is 31.6 Å². The summed E-state index contributed by atoms with van der Waals surface area (Å²) < 4.78 is 10.8. The van der Waals surface area contributed by atoms with Gasteiger partial charge in [0.25, 0.3) is 0 Å². The zero-order valence-corrected chi connectivity index (χ0v) is 16.3. The van der Waals surface area contributed by atoms with E-state index in [0.717, 1.165) is 17.0 Å². The molecule has 0 aliphatic carbocycles. The van der Waals surface area contributed by atoms with Gasteiger partial charge in [-0.1, -0.05) is 6.07 Å². The SMILES string of the molecule is CCN1C(=O)C2(CCN(C(=O)OC(C)(C)C)CC2)c2ccc(OC)cc21. The van der Waals surface area contributed by atoms with E-state index in [2.05, 4.69) is 0 Å². The molecule has 6 nitrogen and oxygen atoms in total. The summed E-state index contributed by atoms with van der Waals surface area (Å²) in [6, 6.07) is 5.85. The number of hydrogen-bond acceptors (Lipinski definition) is 4. The number of methoxy groups -OCH3 is 1. The normalized spacial score (nSPS) is 18.9. The summed E-state index contributed by atoms with van der Waals surface area (Å²) in [5, 5.41) is 0. The molecule has 26 heavy (non-hydrogen) atoms. The predicted octanol–water partition coefficient (Wildman–Crippen LogP) is 3.33. The van der Waals surface area contributed by atoms with E-state index in [4.69, 9.17) is 9.47 Å². The first-order chi connectivity index (χ1) is 12.2. The molecule has 0 N–H and O–H groups in total. The van der Waals surface area contributed by atoms with Gasteiger partial charge < -0.3 is 19.3 Å². The van der Waals surface area contributed by atoms with Crippen molar-refractivity contribution < 1.29 is 19.1 Å². The molecule has 1 aromatic carbocycles. The average molecular weight is 360 g/mol. The number of ether oxygens (including phenoxy) is 2. The first kappa shape index (κ1) is 18.5. The summed E-state index contributed by atoms with van der Waals surface area (Å²) in [6.07, 6.45) is 0.919. The highest BCUT2D eigenvalue weighted by atomic mass is 16.6. The monoisotopic (exact) mass is 360 g/mol. The fraction of sp³-hybridized carbons (Fsp3) is 0.600. The Kier molecular flexibility index (Phi) is 4.63. The first-order valence-corrected chi connectivity index (χ1v) is 9.20. The zero-order chi connectivity index (χ0) is 19.1. The van der Waals surface area contributed by atoms with Gasteiger partial charge in [0.2, 0.25) is 5.91 Å². The number of carbonyl (C=O) groups is 2. The maximum Gasteiger partial charge on any atom is 0.410 e. The van der Waals surface area contributed by atoms with E-state index in [1.807, 2.05) is 50.8 Å². The molecule has 2 aliphatic rings. The van der Waals surface area contributed by atoms with Crippen LogP contribution in [-0.2, 0) is 14.9 Å². The molecule has 1 aromatic rings. The Morgan fingerprint density at radius 3 is 2.42 bits per heavy atom. The number of rotatable bonds is 2. The predicted molar refractivity (Wildman–Crippen MR) is 99.7 cm³/mol. The minimum atomic E-state index is -0.546. The second-order valence-electron chi connectivity index (χ2n) is 7.98. The highest BCUT2D eigenvalue weighted by Crippen LogP contribution is 2.49. The average Bonchev–Trinajstić information content (AvgIpc) is 2.81. The maximum absolute atomic E-state index is 13.2. The van der Waals surface area contributed by atoms with Gasteiger partial charge in [-0.15, -0.1) is 0 Å². The molecular weight excluding hydrogens is 332 g/mol. The summed E-state index contributed by atoms with van der Waals surface area (Å²) in [5.74, 6) is 0.880. The number of carbonyl (C=O) groups excluding carboxylic acids is 2. The van der Waals surface area contributed by atoms with Crippen molar-refractivity contribution in [3.8, 4) is 5.75 Å². The molecule has 1 saturated heterocycles. The van der Waals surface area contributed by atoms with Gasteiger partial charge in [-0.3, -0.25) is 4.79 Å². The van der Waals surface area contributed by atoms with E-state index in [1.54, 1.807) is 12.0 Å². The van der Waals surface area contributed by atoms with Crippen molar-refractivity contribution in [1.29, 1.82) is 0 Å². The molecule has 2 aliphatic heterocycles. The van der Waals surface area contributed by atoms with Crippen LogP contribution in [0.4, 0.5) is 10.5 Å². The number of likely N-dealkylation sites (N-methyl/N-ethyl adjacent to an activating group) is 1. The molecule has 3 rings (SSSR count). The largest absolute Gasteiger partial charge is 0.497 e. The zero-order valence-electron chi connectivity index (χ0n) is 16.3. The number of benzene rings is 1. The third kappa shape index (κ3) is 3.02. The Labute approximate surface area is 155 Å². The number of likely N-dealkylation sites (tertiary alicyclic amines) is 1. The van der Waals surface area contributed by atoms with Gasteiger partial charge in [-0.05, 0) is 52.2 Å². The van der Waals surface area contributed by atoms with E-state index in [9.17, 15) is 9.59 Å². The molecule has 0 radical (unpaired) electrons. The second kappa shape index (κ2) is 6.49. The number of piperidine rings is 1. The van der Waals surface area contributed by atoms with Gasteiger partial charge in [0.1, 0.15) is 11.4 Å². The molecule has 0 bridgehead atoms. The smallest absolute Gasteiger partial charge is 0.410 e. The van der Waals surface area contributed by atoms with Crippen LogP contribution >= 0.6 is 0 Å². The summed E-state index contributed by atoms with van der Waals surface area (Å²) in [7, 11) is 1.63. The molecule has 2 heterocycles. The maximum atomic E-state index is 13.2. The van der Waals surface area contributed by atoms with Crippen LogP contribution in [0.3, 0.4) is 0 Å². The number of amides is 2.